The van der Waals surface area contributed by atoms with Crippen LogP contribution in [0.25, 0.3) is 0 Å². The Bertz CT molecular complexity index is 376. The second kappa shape index (κ2) is 6.93. The largest absolute Gasteiger partial charge is 0.469 e. The van der Waals surface area contributed by atoms with Crippen molar-refractivity contribution < 1.29 is 14.3 Å². The lowest BCUT2D eigenvalue weighted by Crippen LogP contribution is -2.04. The maximum Gasteiger partial charge on any atom is 0.306 e. The van der Waals surface area contributed by atoms with Gasteiger partial charge in [0.25, 0.3) is 0 Å². The highest BCUT2D eigenvalue weighted by molar-refractivity contribution is 8.00. The minimum atomic E-state index is -0.251. The number of ether oxygens (including phenoxy) is 1. The van der Waals surface area contributed by atoms with Crippen LogP contribution >= 0.6 is 34.7 Å². The van der Waals surface area contributed by atoms with Crippen molar-refractivity contribution in [1.82, 2.24) is 0 Å². The van der Waals surface area contributed by atoms with Gasteiger partial charge in [-0.3, -0.25) is 9.59 Å². The fourth-order valence-corrected chi connectivity index (χ4v) is 2.83. The summed E-state index contributed by atoms with van der Waals surface area (Å²) < 4.78 is 5.11. The highest BCUT2D eigenvalue weighted by Crippen LogP contribution is 2.22. The number of hydrogen-bond acceptors (Lipinski definition) is 5. The fourth-order valence-electron chi connectivity index (χ4n) is 0.958. The molecule has 1 aromatic heterocycles. The van der Waals surface area contributed by atoms with Gasteiger partial charge in [-0.1, -0.05) is 11.6 Å². The van der Waals surface area contributed by atoms with Crippen molar-refractivity contribution in [3.63, 3.8) is 0 Å². The van der Waals surface area contributed by atoms with Gasteiger partial charge in [0.1, 0.15) is 0 Å². The monoisotopic (exact) mass is 278 g/mol. The summed E-state index contributed by atoms with van der Waals surface area (Å²) >= 11 is 8.42. The Labute approximate surface area is 107 Å². The summed E-state index contributed by atoms with van der Waals surface area (Å²) in [6.07, 6.45) is 0.333. The zero-order chi connectivity index (χ0) is 12.0. The highest BCUT2D eigenvalue weighted by atomic mass is 35.5. The standard InChI is InChI=1S/C10H11ClO3S2/c1-14-10(13)4-5-15-6-7(12)8-2-3-9(11)16-8/h2-3H,4-6H2,1H3. The zero-order valence-corrected chi connectivity index (χ0v) is 11.1. The van der Waals surface area contributed by atoms with E-state index in [2.05, 4.69) is 4.74 Å². The molecule has 0 spiro atoms. The van der Waals surface area contributed by atoms with Crippen molar-refractivity contribution in [3.05, 3.63) is 21.3 Å². The highest BCUT2D eigenvalue weighted by Gasteiger charge is 2.09. The van der Waals surface area contributed by atoms with Gasteiger partial charge >= 0.3 is 5.97 Å². The number of methoxy groups -OCH3 is 1. The quantitative estimate of drug-likeness (QED) is 0.456. The average molecular weight is 279 g/mol. The van der Waals surface area contributed by atoms with Crippen LogP contribution in [0, 0.1) is 0 Å². The molecule has 0 atom stereocenters. The van der Waals surface area contributed by atoms with Crippen LogP contribution in [0.5, 0.6) is 0 Å². The minimum Gasteiger partial charge on any atom is -0.469 e. The van der Waals surface area contributed by atoms with E-state index in [1.807, 2.05) is 0 Å². The lowest BCUT2D eigenvalue weighted by molar-refractivity contribution is -0.140. The number of carbonyl (C=O) groups is 2. The molecule has 0 aliphatic carbocycles. The fraction of sp³-hybridized carbons (Fsp3) is 0.400. The van der Waals surface area contributed by atoms with Gasteiger partial charge in [0.05, 0.1) is 28.5 Å². The number of thiophene rings is 1. The van der Waals surface area contributed by atoms with E-state index in [0.717, 1.165) is 0 Å². The summed E-state index contributed by atoms with van der Waals surface area (Å²) in [7, 11) is 1.35. The third kappa shape index (κ3) is 4.55. The van der Waals surface area contributed by atoms with Gasteiger partial charge in [0.2, 0.25) is 0 Å². The summed E-state index contributed by atoms with van der Waals surface area (Å²) in [6.45, 7) is 0. The summed E-state index contributed by atoms with van der Waals surface area (Å²) in [5, 5.41) is 0. The Morgan fingerprint density at radius 1 is 1.50 bits per heavy atom. The number of Topliss-reactive ketones (excluding diaryl/α,β-unsaturated/α-hetero) is 1. The smallest absolute Gasteiger partial charge is 0.306 e. The van der Waals surface area contributed by atoms with Crippen LogP contribution in [0.2, 0.25) is 4.34 Å². The number of esters is 1. The number of halogens is 1. The number of ketones is 1. The summed E-state index contributed by atoms with van der Waals surface area (Å²) in [5.41, 5.74) is 0. The van der Waals surface area contributed by atoms with E-state index >= 15 is 0 Å². The van der Waals surface area contributed by atoms with Crippen molar-refractivity contribution >= 4 is 46.5 Å². The van der Waals surface area contributed by atoms with Gasteiger partial charge in [-0.05, 0) is 12.1 Å². The summed E-state index contributed by atoms with van der Waals surface area (Å²) in [6, 6.07) is 3.43. The van der Waals surface area contributed by atoms with Crippen molar-refractivity contribution in [2.45, 2.75) is 6.42 Å². The van der Waals surface area contributed by atoms with Crippen LogP contribution in [0.4, 0.5) is 0 Å². The van der Waals surface area contributed by atoms with E-state index < -0.39 is 0 Å². The number of thioether (sulfide) groups is 1. The predicted octanol–water partition coefficient (Wildman–Crippen LogP) is 2.88. The van der Waals surface area contributed by atoms with Crippen molar-refractivity contribution in [3.8, 4) is 0 Å². The first-order chi connectivity index (χ1) is 7.63. The molecule has 0 N–H and O–H groups in total. The lowest BCUT2D eigenvalue weighted by atomic mass is 10.4. The second-order valence-electron chi connectivity index (χ2n) is 2.91. The third-order valence-corrected chi connectivity index (χ3v) is 3.99. The molecule has 0 unspecified atom stereocenters. The predicted molar refractivity (Wildman–Crippen MR) is 67.6 cm³/mol. The maximum atomic E-state index is 11.6. The first kappa shape index (κ1) is 13.5. The molecule has 0 fully saturated rings. The third-order valence-electron chi connectivity index (χ3n) is 1.76. The van der Waals surface area contributed by atoms with Crippen LogP contribution < -0.4 is 0 Å². The molecule has 0 amide bonds. The maximum absolute atomic E-state index is 11.6. The zero-order valence-electron chi connectivity index (χ0n) is 8.70. The molecule has 3 nitrogen and oxygen atoms in total. The SMILES string of the molecule is COC(=O)CCSCC(=O)c1ccc(Cl)s1. The van der Waals surface area contributed by atoms with E-state index in [4.69, 9.17) is 11.6 Å². The molecule has 16 heavy (non-hydrogen) atoms. The molecule has 1 rings (SSSR count). The molecule has 0 saturated carbocycles. The normalized spacial score (nSPS) is 10.1. The average Bonchev–Trinajstić information content (AvgIpc) is 2.70. The summed E-state index contributed by atoms with van der Waals surface area (Å²) in [5.74, 6) is 0.761. The lowest BCUT2D eigenvalue weighted by Gasteiger charge is -1.99. The van der Waals surface area contributed by atoms with E-state index in [-0.39, 0.29) is 11.8 Å². The van der Waals surface area contributed by atoms with E-state index in [9.17, 15) is 9.59 Å². The molecule has 1 aromatic rings. The van der Waals surface area contributed by atoms with Crippen molar-refractivity contribution in [2.24, 2.45) is 0 Å². The Hall–Kier alpha value is -0.520. The molecule has 1 heterocycles. The van der Waals surface area contributed by atoms with E-state index in [1.54, 1.807) is 12.1 Å². The minimum absolute atomic E-state index is 0.0479. The van der Waals surface area contributed by atoms with E-state index in [1.165, 1.54) is 30.2 Å². The van der Waals surface area contributed by atoms with Gasteiger partial charge in [0.15, 0.2) is 5.78 Å². The van der Waals surface area contributed by atoms with Gasteiger partial charge in [-0.15, -0.1) is 11.3 Å². The Balaban J connectivity index is 2.23. The Morgan fingerprint density at radius 2 is 2.25 bits per heavy atom. The van der Waals surface area contributed by atoms with Crippen LogP contribution in [-0.4, -0.2) is 30.4 Å². The molecule has 0 aliphatic rings. The van der Waals surface area contributed by atoms with Crippen LogP contribution in [-0.2, 0) is 9.53 Å². The molecule has 0 bridgehead atoms. The number of rotatable bonds is 6. The molecule has 0 radical (unpaired) electrons. The molecule has 0 aromatic carbocycles. The van der Waals surface area contributed by atoms with Gasteiger partial charge in [0, 0.05) is 5.75 Å². The Kier molecular flexibility index (Phi) is 5.87. The Morgan fingerprint density at radius 3 is 2.81 bits per heavy atom. The number of carbonyl (C=O) groups excluding carboxylic acids is 2. The first-order valence-electron chi connectivity index (χ1n) is 4.56. The molecular weight excluding hydrogens is 268 g/mol. The van der Waals surface area contributed by atoms with Crippen LogP contribution in [0.15, 0.2) is 12.1 Å². The topological polar surface area (TPSA) is 43.4 Å². The molecular formula is C10H11ClO3S2. The van der Waals surface area contributed by atoms with Crippen molar-refractivity contribution in [1.29, 1.82) is 0 Å². The van der Waals surface area contributed by atoms with Gasteiger partial charge in [-0.25, -0.2) is 0 Å². The molecule has 0 saturated heterocycles. The first-order valence-corrected chi connectivity index (χ1v) is 6.91. The van der Waals surface area contributed by atoms with Crippen molar-refractivity contribution in [2.75, 3.05) is 18.6 Å². The van der Waals surface area contributed by atoms with Crippen LogP contribution in [0.1, 0.15) is 16.1 Å². The van der Waals surface area contributed by atoms with E-state index in [0.29, 0.717) is 27.1 Å². The molecule has 0 aliphatic heterocycles. The number of hydrogen-bond donors (Lipinski definition) is 0. The molecule has 6 heteroatoms. The second-order valence-corrected chi connectivity index (χ2v) is 5.73. The van der Waals surface area contributed by atoms with Crippen LogP contribution in [0.3, 0.4) is 0 Å². The van der Waals surface area contributed by atoms with Gasteiger partial charge in [-0.2, -0.15) is 11.8 Å². The van der Waals surface area contributed by atoms with Gasteiger partial charge < -0.3 is 4.74 Å². The summed E-state index contributed by atoms with van der Waals surface area (Å²) in [4.78, 5) is 23.0. The molecule has 88 valence electrons.